The second kappa shape index (κ2) is 5.32. The first-order valence-electron chi connectivity index (χ1n) is 4.98. The van der Waals surface area contributed by atoms with Crippen molar-refractivity contribution in [3.05, 3.63) is 0 Å². The fraction of sp³-hybridized carbons (Fsp3) is 0.900. The van der Waals surface area contributed by atoms with Crippen molar-refractivity contribution >= 4 is 5.91 Å². The van der Waals surface area contributed by atoms with E-state index in [2.05, 4.69) is 5.32 Å². The van der Waals surface area contributed by atoms with Gasteiger partial charge in [-0.15, -0.1) is 0 Å². The SMILES string of the molecule is CC(C)C[C@H](N)C(=O)NCC(C)(C)O. The quantitative estimate of drug-likeness (QED) is 0.598. The highest BCUT2D eigenvalue weighted by Crippen LogP contribution is 2.03. The molecule has 0 aliphatic carbocycles. The summed E-state index contributed by atoms with van der Waals surface area (Å²) in [5.74, 6) is 0.207. The molecule has 1 amide bonds. The Hall–Kier alpha value is -0.610. The topological polar surface area (TPSA) is 75.4 Å². The van der Waals surface area contributed by atoms with Crippen LogP contribution in [0.2, 0.25) is 0 Å². The Labute approximate surface area is 85.9 Å². The zero-order chi connectivity index (χ0) is 11.4. The lowest BCUT2D eigenvalue weighted by atomic mass is 10.0. The van der Waals surface area contributed by atoms with E-state index in [-0.39, 0.29) is 12.5 Å². The van der Waals surface area contributed by atoms with Crippen molar-refractivity contribution in [1.82, 2.24) is 5.32 Å². The third kappa shape index (κ3) is 6.86. The summed E-state index contributed by atoms with van der Waals surface area (Å²) in [7, 11) is 0. The molecule has 0 aromatic rings. The van der Waals surface area contributed by atoms with Crippen LogP contribution in [0.3, 0.4) is 0 Å². The summed E-state index contributed by atoms with van der Waals surface area (Å²) in [5, 5.41) is 12.0. The van der Waals surface area contributed by atoms with Crippen LogP contribution in [0.4, 0.5) is 0 Å². The molecule has 0 aliphatic rings. The van der Waals surface area contributed by atoms with Gasteiger partial charge in [-0.3, -0.25) is 4.79 Å². The van der Waals surface area contributed by atoms with E-state index in [4.69, 9.17) is 5.73 Å². The summed E-state index contributed by atoms with van der Waals surface area (Å²) in [6, 6.07) is -0.475. The Morgan fingerprint density at radius 2 is 2.00 bits per heavy atom. The summed E-state index contributed by atoms with van der Waals surface area (Å²) >= 11 is 0. The second-order valence-corrected chi connectivity index (χ2v) is 4.77. The highest BCUT2D eigenvalue weighted by Gasteiger charge is 2.18. The van der Waals surface area contributed by atoms with E-state index < -0.39 is 11.6 Å². The number of carbonyl (C=O) groups excluding carboxylic acids is 1. The monoisotopic (exact) mass is 202 g/mol. The number of aliphatic hydroxyl groups is 1. The highest BCUT2D eigenvalue weighted by molar-refractivity contribution is 5.81. The van der Waals surface area contributed by atoms with Gasteiger partial charge in [0.15, 0.2) is 0 Å². The number of nitrogens with one attached hydrogen (secondary N) is 1. The predicted octanol–water partition coefficient (Wildman–Crippen LogP) is 0.247. The summed E-state index contributed by atoms with van der Waals surface area (Å²) in [6.45, 7) is 7.55. The van der Waals surface area contributed by atoms with Crippen molar-refractivity contribution in [3.8, 4) is 0 Å². The number of carbonyl (C=O) groups is 1. The molecule has 84 valence electrons. The van der Waals surface area contributed by atoms with Crippen molar-refractivity contribution in [2.45, 2.75) is 45.8 Å². The zero-order valence-corrected chi connectivity index (χ0v) is 9.50. The molecule has 4 N–H and O–H groups in total. The standard InChI is InChI=1S/C10H22N2O2/c1-7(2)5-8(11)9(13)12-6-10(3,4)14/h7-8,14H,5-6,11H2,1-4H3,(H,12,13)/t8-/m0/s1. The van der Waals surface area contributed by atoms with Crippen LogP contribution in [0, 0.1) is 5.92 Å². The van der Waals surface area contributed by atoms with Crippen molar-refractivity contribution in [3.63, 3.8) is 0 Å². The molecule has 0 aliphatic heterocycles. The van der Waals surface area contributed by atoms with Crippen molar-refractivity contribution in [1.29, 1.82) is 0 Å². The van der Waals surface area contributed by atoms with Crippen LogP contribution in [0.25, 0.3) is 0 Å². The van der Waals surface area contributed by atoms with Gasteiger partial charge in [0.25, 0.3) is 0 Å². The second-order valence-electron chi connectivity index (χ2n) is 4.77. The van der Waals surface area contributed by atoms with E-state index in [1.54, 1.807) is 13.8 Å². The lowest BCUT2D eigenvalue weighted by molar-refractivity contribution is -0.123. The lowest BCUT2D eigenvalue weighted by Gasteiger charge is -2.20. The van der Waals surface area contributed by atoms with Crippen LogP contribution in [-0.4, -0.2) is 29.2 Å². The van der Waals surface area contributed by atoms with Gasteiger partial charge >= 0.3 is 0 Å². The Morgan fingerprint density at radius 1 is 1.50 bits per heavy atom. The van der Waals surface area contributed by atoms with Crippen molar-refractivity contribution in [2.24, 2.45) is 11.7 Å². The molecule has 1 atom stereocenters. The molecule has 0 aromatic carbocycles. The van der Waals surface area contributed by atoms with Crippen LogP contribution in [0.1, 0.15) is 34.1 Å². The lowest BCUT2D eigenvalue weighted by Crippen LogP contribution is -2.46. The largest absolute Gasteiger partial charge is 0.389 e. The van der Waals surface area contributed by atoms with Crippen LogP contribution >= 0.6 is 0 Å². The van der Waals surface area contributed by atoms with E-state index in [0.717, 1.165) is 0 Å². The number of hydrogen-bond acceptors (Lipinski definition) is 3. The van der Waals surface area contributed by atoms with E-state index in [1.165, 1.54) is 0 Å². The molecule has 0 unspecified atom stereocenters. The summed E-state index contributed by atoms with van der Waals surface area (Å²) in [6.07, 6.45) is 0.664. The molecular formula is C10H22N2O2. The normalized spacial score (nSPS) is 14.2. The fourth-order valence-corrected chi connectivity index (χ4v) is 1.05. The molecule has 14 heavy (non-hydrogen) atoms. The first-order chi connectivity index (χ1) is 6.22. The van der Waals surface area contributed by atoms with Crippen molar-refractivity contribution in [2.75, 3.05) is 6.54 Å². The molecule has 0 fully saturated rings. The van der Waals surface area contributed by atoms with Crippen LogP contribution in [0.5, 0.6) is 0 Å². The predicted molar refractivity (Wildman–Crippen MR) is 56.7 cm³/mol. The van der Waals surface area contributed by atoms with Gasteiger partial charge in [-0.2, -0.15) is 0 Å². The van der Waals surface area contributed by atoms with E-state index in [1.807, 2.05) is 13.8 Å². The molecule has 0 radical (unpaired) electrons. The summed E-state index contributed by atoms with van der Waals surface area (Å²) < 4.78 is 0. The number of amides is 1. The molecule has 4 heteroatoms. The van der Waals surface area contributed by atoms with Gasteiger partial charge < -0.3 is 16.2 Å². The molecule has 4 nitrogen and oxygen atoms in total. The molecule has 0 rings (SSSR count). The van der Waals surface area contributed by atoms with Crippen molar-refractivity contribution < 1.29 is 9.90 Å². The molecular weight excluding hydrogens is 180 g/mol. The Morgan fingerprint density at radius 3 is 2.36 bits per heavy atom. The average Bonchev–Trinajstić information content (AvgIpc) is 1.97. The maximum atomic E-state index is 11.4. The minimum absolute atomic E-state index is 0.194. The van der Waals surface area contributed by atoms with E-state index in [9.17, 15) is 9.90 Å². The van der Waals surface area contributed by atoms with Gasteiger partial charge in [0.05, 0.1) is 11.6 Å². The Balaban J connectivity index is 3.85. The number of hydrogen-bond donors (Lipinski definition) is 3. The minimum Gasteiger partial charge on any atom is -0.389 e. The first-order valence-corrected chi connectivity index (χ1v) is 4.98. The van der Waals surface area contributed by atoms with Gasteiger partial charge in [0.2, 0.25) is 5.91 Å². The smallest absolute Gasteiger partial charge is 0.237 e. The number of rotatable bonds is 5. The number of nitrogens with two attached hydrogens (primary N) is 1. The zero-order valence-electron chi connectivity index (χ0n) is 9.50. The highest BCUT2D eigenvalue weighted by atomic mass is 16.3. The minimum atomic E-state index is -0.882. The molecule has 0 bridgehead atoms. The fourth-order valence-electron chi connectivity index (χ4n) is 1.05. The molecule has 0 heterocycles. The molecule has 0 spiro atoms. The van der Waals surface area contributed by atoms with Crippen LogP contribution < -0.4 is 11.1 Å². The third-order valence-electron chi connectivity index (χ3n) is 1.76. The van der Waals surface area contributed by atoms with Gasteiger partial charge in [-0.1, -0.05) is 13.8 Å². The van der Waals surface area contributed by atoms with Crippen LogP contribution in [-0.2, 0) is 4.79 Å². The Bertz CT molecular complexity index is 185. The van der Waals surface area contributed by atoms with E-state index in [0.29, 0.717) is 12.3 Å². The molecule has 0 saturated carbocycles. The van der Waals surface area contributed by atoms with Gasteiger partial charge in [0, 0.05) is 6.54 Å². The maximum absolute atomic E-state index is 11.4. The maximum Gasteiger partial charge on any atom is 0.237 e. The molecule has 0 aromatic heterocycles. The third-order valence-corrected chi connectivity index (χ3v) is 1.76. The summed E-state index contributed by atoms with van der Waals surface area (Å²) in [5.41, 5.74) is 4.77. The summed E-state index contributed by atoms with van der Waals surface area (Å²) in [4.78, 5) is 11.4. The van der Waals surface area contributed by atoms with Gasteiger partial charge in [0.1, 0.15) is 0 Å². The van der Waals surface area contributed by atoms with E-state index >= 15 is 0 Å². The van der Waals surface area contributed by atoms with Gasteiger partial charge in [-0.05, 0) is 26.2 Å². The molecule has 0 saturated heterocycles. The average molecular weight is 202 g/mol. The Kier molecular flexibility index (Phi) is 5.08. The van der Waals surface area contributed by atoms with Crippen LogP contribution in [0.15, 0.2) is 0 Å². The van der Waals surface area contributed by atoms with Gasteiger partial charge in [-0.25, -0.2) is 0 Å². The first kappa shape index (κ1) is 13.4.